The lowest BCUT2D eigenvalue weighted by atomic mass is 9.92. The summed E-state index contributed by atoms with van der Waals surface area (Å²) in [5.74, 6) is 0.705. The molecule has 2 heterocycles. The molecule has 5 rings (SSSR count). The average molecular weight is 379 g/mol. The van der Waals surface area contributed by atoms with Crippen molar-refractivity contribution in [2.75, 3.05) is 25.1 Å². The SMILES string of the molecule is COc1c(C)c(-c2nc3cc(N4CCC4)ccc3n2C2CCC2)cc(O)c1O. The van der Waals surface area contributed by atoms with E-state index in [1.807, 2.05) is 6.92 Å². The van der Waals surface area contributed by atoms with E-state index < -0.39 is 0 Å². The number of benzene rings is 2. The summed E-state index contributed by atoms with van der Waals surface area (Å²) in [6, 6.07) is 8.53. The second-order valence-corrected chi connectivity index (χ2v) is 7.85. The lowest BCUT2D eigenvalue weighted by Gasteiger charge is -2.33. The molecule has 0 bridgehead atoms. The van der Waals surface area contributed by atoms with E-state index in [0.717, 1.165) is 53.9 Å². The Balaban J connectivity index is 1.73. The number of phenols is 2. The summed E-state index contributed by atoms with van der Waals surface area (Å²) in [6.07, 6.45) is 4.73. The van der Waals surface area contributed by atoms with E-state index in [4.69, 9.17) is 9.72 Å². The summed E-state index contributed by atoms with van der Waals surface area (Å²) in [7, 11) is 1.50. The van der Waals surface area contributed by atoms with Gasteiger partial charge in [-0.3, -0.25) is 0 Å². The Kier molecular flexibility index (Phi) is 3.89. The van der Waals surface area contributed by atoms with Crippen molar-refractivity contribution in [1.82, 2.24) is 9.55 Å². The fourth-order valence-electron chi connectivity index (χ4n) is 4.27. The smallest absolute Gasteiger partial charge is 0.200 e. The first-order valence-electron chi connectivity index (χ1n) is 9.95. The zero-order valence-electron chi connectivity index (χ0n) is 16.3. The molecule has 2 fully saturated rings. The zero-order chi connectivity index (χ0) is 19.4. The summed E-state index contributed by atoms with van der Waals surface area (Å²) in [5.41, 5.74) is 4.87. The van der Waals surface area contributed by atoms with E-state index in [1.165, 1.54) is 25.6 Å². The molecule has 1 aliphatic heterocycles. The Morgan fingerprint density at radius 1 is 1.11 bits per heavy atom. The Bertz CT molecular complexity index is 1060. The predicted molar refractivity (Wildman–Crippen MR) is 110 cm³/mol. The largest absolute Gasteiger partial charge is 0.504 e. The molecule has 146 valence electrons. The van der Waals surface area contributed by atoms with Crippen LogP contribution in [0.3, 0.4) is 0 Å². The highest BCUT2D eigenvalue weighted by atomic mass is 16.5. The zero-order valence-corrected chi connectivity index (χ0v) is 16.3. The van der Waals surface area contributed by atoms with E-state index in [1.54, 1.807) is 6.07 Å². The highest BCUT2D eigenvalue weighted by molar-refractivity contribution is 5.86. The van der Waals surface area contributed by atoms with Gasteiger partial charge in [0.2, 0.25) is 5.75 Å². The molecule has 6 heteroatoms. The van der Waals surface area contributed by atoms with Crippen LogP contribution in [0.15, 0.2) is 24.3 Å². The third-order valence-corrected chi connectivity index (χ3v) is 6.26. The minimum absolute atomic E-state index is 0.189. The topological polar surface area (TPSA) is 70.8 Å². The van der Waals surface area contributed by atoms with Crippen LogP contribution >= 0.6 is 0 Å². The minimum atomic E-state index is -0.227. The normalized spacial score (nSPS) is 16.9. The van der Waals surface area contributed by atoms with Crippen LogP contribution < -0.4 is 9.64 Å². The summed E-state index contributed by atoms with van der Waals surface area (Å²) in [4.78, 5) is 7.35. The first-order chi connectivity index (χ1) is 13.6. The molecule has 6 nitrogen and oxygen atoms in total. The van der Waals surface area contributed by atoms with Crippen LogP contribution in [-0.4, -0.2) is 40.0 Å². The molecule has 28 heavy (non-hydrogen) atoms. The molecule has 1 aliphatic carbocycles. The molecule has 0 unspecified atom stereocenters. The maximum Gasteiger partial charge on any atom is 0.200 e. The Morgan fingerprint density at radius 2 is 1.89 bits per heavy atom. The lowest BCUT2D eigenvalue weighted by Crippen LogP contribution is -2.36. The van der Waals surface area contributed by atoms with Crippen molar-refractivity contribution >= 4 is 16.7 Å². The molecular weight excluding hydrogens is 354 g/mol. The number of aromatic nitrogens is 2. The van der Waals surface area contributed by atoms with Crippen molar-refractivity contribution in [2.24, 2.45) is 0 Å². The summed E-state index contributed by atoms with van der Waals surface area (Å²) in [5, 5.41) is 20.4. The first kappa shape index (κ1) is 17.2. The van der Waals surface area contributed by atoms with Gasteiger partial charge in [0, 0.05) is 35.9 Å². The molecule has 1 saturated heterocycles. The summed E-state index contributed by atoms with van der Waals surface area (Å²) < 4.78 is 7.66. The van der Waals surface area contributed by atoms with E-state index >= 15 is 0 Å². The van der Waals surface area contributed by atoms with Gasteiger partial charge in [0.05, 0.1) is 18.1 Å². The standard InChI is InChI=1S/C22H25N3O3/c1-13-16(12-19(26)20(27)21(13)28-2)22-23-17-11-15(24-9-4-10-24)7-8-18(17)25(22)14-5-3-6-14/h7-8,11-12,14,26-27H,3-6,9-10H2,1-2H3. The van der Waals surface area contributed by atoms with E-state index in [-0.39, 0.29) is 11.5 Å². The summed E-state index contributed by atoms with van der Waals surface area (Å²) >= 11 is 0. The first-order valence-corrected chi connectivity index (χ1v) is 9.95. The molecule has 0 atom stereocenters. The number of methoxy groups -OCH3 is 1. The Morgan fingerprint density at radius 3 is 2.50 bits per heavy atom. The van der Waals surface area contributed by atoms with Crippen LogP contribution in [0.1, 0.15) is 37.3 Å². The van der Waals surface area contributed by atoms with Gasteiger partial charge in [0.1, 0.15) is 5.82 Å². The maximum absolute atomic E-state index is 10.3. The van der Waals surface area contributed by atoms with Crippen molar-refractivity contribution in [3.05, 3.63) is 29.8 Å². The van der Waals surface area contributed by atoms with Gasteiger partial charge >= 0.3 is 0 Å². The molecule has 0 radical (unpaired) electrons. The van der Waals surface area contributed by atoms with Gasteiger partial charge in [-0.05, 0) is 56.9 Å². The maximum atomic E-state index is 10.3. The fourth-order valence-corrected chi connectivity index (χ4v) is 4.27. The van der Waals surface area contributed by atoms with Crippen molar-refractivity contribution in [2.45, 2.75) is 38.6 Å². The Hall–Kier alpha value is -2.89. The van der Waals surface area contributed by atoms with Gasteiger partial charge in [-0.2, -0.15) is 0 Å². The van der Waals surface area contributed by atoms with Gasteiger partial charge in [-0.25, -0.2) is 4.98 Å². The van der Waals surface area contributed by atoms with Gasteiger partial charge in [0.25, 0.3) is 0 Å². The van der Waals surface area contributed by atoms with Crippen LogP contribution in [0.4, 0.5) is 5.69 Å². The number of rotatable bonds is 4. The third kappa shape index (κ3) is 2.44. The number of imidazole rings is 1. The third-order valence-electron chi connectivity index (χ3n) is 6.26. The number of aromatic hydroxyl groups is 2. The number of ether oxygens (including phenoxy) is 1. The van der Waals surface area contributed by atoms with Crippen molar-refractivity contribution in [1.29, 1.82) is 0 Å². The van der Waals surface area contributed by atoms with Gasteiger partial charge in [-0.1, -0.05) is 0 Å². The molecule has 0 amide bonds. The molecule has 2 aliphatic rings. The van der Waals surface area contributed by atoms with Gasteiger partial charge in [-0.15, -0.1) is 0 Å². The number of anilines is 1. The highest BCUT2D eigenvalue weighted by Gasteiger charge is 2.28. The van der Waals surface area contributed by atoms with Crippen molar-refractivity contribution in [3.63, 3.8) is 0 Å². The summed E-state index contributed by atoms with van der Waals surface area (Å²) in [6.45, 7) is 4.09. The number of fused-ring (bicyclic) bond motifs is 1. The van der Waals surface area contributed by atoms with Crippen molar-refractivity contribution in [3.8, 4) is 28.6 Å². The second-order valence-electron chi connectivity index (χ2n) is 7.85. The number of hydrogen-bond donors (Lipinski definition) is 2. The van der Waals surface area contributed by atoms with Gasteiger partial charge in [0.15, 0.2) is 11.5 Å². The quantitative estimate of drug-likeness (QED) is 0.659. The molecule has 1 saturated carbocycles. The number of phenolic OH excluding ortho intramolecular Hbond substituents is 2. The van der Waals surface area contributed by atoms with E-state index in [9.17, 15) is 10.2 Å². The number of nitrogens with zero attached hydrogens (tertiary/aromatic N) is 3. The fraction of sp³-hybridized carbons (Fsp3) is 0.409. The molecule has 1 aromatic heterocycles. The molecule has 2 aromatic carbocycles. The second kappa shape index (κ2) is 6.33. The van der Waals surface area contributed by atoms with Crippen LogP contribution in [0.2, 0.25) is 0 Å². The van der Waals surface area contributed by atoms with Crippen LogP contribution in [0.5, 0.6) is 17.2 Å². The molecular formula is C22H25N3O3. The Labute approximate surface area is 164 Å². The minimum Gasteiger partial charge on any atom is -0.504 e. The van der Waals surface area contributed by atoms with E-state index in [2.05, 4.69) is 27.7 Å². The lowest BCUT2D eigenvalue weighted by molar-refractivity contribution is 0.322. The highest BCUT2D eigenvalue weighted by Crippen LogP contribution is 2.46. The van der Waals surface area contributed by atoms with Gasteiger partial charge < -0.3 is 24.4 Å². The van der Waals surface area contributed by atoms with Crippen LogP contribution in [0, 0.1) is 6.92 Å². The molecule has 0 spiro atoms. The van der Waals surface area contributed by atoms with Crippen LogP contribution in [-0.2, 0) is 0 Å². The van der Waals surface area contributed by atoms with Crippen LogP contribution in [0.25, 0.3) is 22.4 Å². The molecule has 3 aromatic rings. The predicted octanol–water partition coefficient (Wildman–Crippen LogP) is 4.37. The van der Waals surface area contributed by atoms with E-state index in [0.29, 0.717) is 11.8 Å². The monoisotopic (exact) mass is 379 g/mol. The van der Waals surface area contributed by atoms with Crippen molar-refractivity contribution < 1.29 is 14.9 Å². The molecule has 2 N–H and O–H groups in total. The number of hydrogen-bond acceptors (Lipinski definition) is 5. The average Bonchev–Trinajstić information content (AvgIpc) is 2.94.